The van der Waals surface area contributed by atoms with Crippen molar-refractivity contribution in [3.8, 4) is 0 Å². The lowest BCUT2D eigenvalue weighted by molar-refractivity contribution is 0.493. The minimum absolute atomic E-state index is 0.180. The Balaban J connectivity index is 2.21. The molecule has 0 N–H and O–H groups in total. The van der Waals surface area contributed by atoms with E-state index in [2.05, 4.69) is 40.0 Å². The van der Waals surface area contributed by atoms with E-state index in [9.17, 15) is 0 Å². The molecule has 1 aromatic carbocycles. The molecule has 0 unspecified atom stereocenters. The molecule has 0 fully saturated rings. The topological polar surface area (TPSA) is 12.9 Å². The SMILES string of the molecule is Cc1ncsc1CCC(CCl)(CCl)c1ccc(Br)cc1. The van der Waals surface area contributed by atoms with E-state index in [1.807, 2.05) is 17.6 Å². The van der Waals surface area contributed by atoms with Gasteiger partial charge in [-0.05, 0) is 37.5 Å². The minimum Gasteiger partial charge on any atom is -0.250 e. The highest BCUT2D eigenvalue weighted by atomic mass is 79.9. The fourth-order valence-electron chi connectivity index (χ4n) is 2.19. The van der Waals surface area contributed by atoms with Gasteiger partial charge in [0.2, 0.25) is 0 Å². The highest BCUT2D eigenvalue weighted by molar-refractivity contribution is 9.10. The highest BCUT2D eigenvalue weighted by Crippen LogP contribution is 2.34. The first-order valence-corrected chi connectivity index (χ1v) is 9.12. The van der Waals surface area contributed by atoms with Crippen LogP contribution in [0.5, 0.6) is 0 Å². The van der Waals surface area contributed by atoms with Crippen LogP contribution in [-0.4, -0.2) is 16.7 Å². The lowest BCUT2D eigenvalue weighted by atomic mass is 9.80. The van der Waals surface area contributed by atoms with Crippen LogP contribution in [0.1, 0.15) is 22.6 Å². The van der Waals surface area contributed by atoms with Gasteiger partial charge in [-0.2, -0.15) is 0 Å². The number of halogens is 3. The summed E-state index contributed by atoms with van der Waals surface area (Å²) in [6.07, 6.45) is 1.90. The van der Waals surface area contributed by atoms with Gasteiger partial charge in [0.05, 0.1) is 11.2 Å². The van der Waals surface area contributed by atoms with E-state index < -0.39 is 0 Å². The molecule has 0 amide bonds. The second-order valence-electron chi connectivity index (χ2n) is 4.92. The lowest BCUT2D eigenvalue weighted by Crippen LogP contribution is -2.31. The monoisotopic (exact) mass is 391 g/mol. The summed E-state index contributed by atoms with van der Waals surface area (Å²) in [5.41, 5.74) is 4.03. The maximum absolute atomic E-state index is 6.27. The van der Waals surface area contributed by atoms with Crippen molar-refractivity contribution in [2.24, 2.45) is 0 Å². The molecule has 1 heterocycles. The van der Waals surface area contributed by atoms with Crippen molar-refractivity contribution in [3.05, 3.63) is 50.4 Å². The van der Waals surface area contributed by atoms with E-state index in [1.54, 1.807) is 11.3 Å². The Morgan fingerprint density at radius 2 is 1.85 bits per heavy atom. The number of aryl methyl sites for hydroxylation is 2. The Hall–Kier alpha value is -0.0900. The van der Waals surface area contributed by atoms with Crippen LogP contribution >= 0.6 is 50.5 Å². The molecule has 0 bridgehead atoms. The maximum Gasteiger partial charge on any atom is 0.0797 e. The summed E-state index contributed by atoms with van der Waals surface area (Å²) in [4.78, 5) is 5.62. The summed E-state index contributed by atoms with van der Waals surface area (Å²) >= 11 is 17.7. The van der Waals surface area contributed by atoms with Crippen LogP contribution in [0.4, 0.5) is 0 Å². The Bertz CT molecular complexity index is 549. The number of rotatable bonds is 6. The highest BCUT2D eigenvalue weighted by Gasteiger charge is 2.30. The van der Waals surface area contributed by atoms with Crippen molar-refractivity contribution in [3.63, 3.8) is 0 Å². The van der Waals surface area contributed by atoms with Crippen LogP contribution in [0.3, 0.4) is 0 Å². The van der Waals surface area contributed by atoms with Gasteiger partial charge in [0, 0.05) is 26.5 Å². The minimum atomic E-state index is -0.180. The summed E-state index contributed by atoms with van der Waals surface area (Å²) in [6.45, 7) is 2.05. The first kappa shape index (κ1) is 16.3. The van der Waals surface area contributed by atoms with Crippen molar-refractivity contribution in [2.75, 3.05) is 11.8 Å². The van der Waals surface area contributed by atoms with Crippen LogP contribution < -0.4 is 0 Å². The van der Waals surface area contributed by atoms with Gasteiger partial charge in [-0.25, -0.2) is 4.98 Å². The van der Waals surface area contributed by atoms with E-state index in [0.717, 1.165) is 23.0 Å². The number of thiazole rings is 1. The first-order valence-electron chi connectivity index (χ1n) is 6.38. The number of benzene rings is 1. The standard InChI is InChI=1S/C15H16BrCl2NS/c1-11-14(20-10-19-11)6-7-15(8-17,9-18)12-2-4-13(16)5-3-12/h2-5,10H,6-9H2,1H3. The molecule has 0 saturated carbocycles. The molecule has 0 saturated heterocycles. The zero-order valence-corrected chi connectivity index (χ0v) is 15.1. The molecule has 0 aliphatic carbocycles. The molecule has 2 rings (SSSR count). The summed E-state index contributed by atoms with van der Waals surface area (Å²) in [5.74, 6) is 1.05. The van der Waals surface area contributed by atoms with Gasteiger partial charge in [-0.15, -0.1) is 34.5 Å². The number of alkyl halides is 2. The number of hydrogen-bond acceptors (Lipinski definition) is 2. The third-order valence-electron chi connectivity index (χ3n) is 3.64. The van der Waals surface area contributed by atoms with Gasteiger partial charge >= 0.3 is 0 Å². The summed E-state index contributed by atoms with van der Waals surface area (Å²) in [5, 5.41) is 0. The number of nitrogens with zero attached hydrogens (tertiary/aromatic N) is 1. The van der Waals surface area contributed by atoms with E-state index in [4.69, 9.17) is 23.2 Å². The second kappa shape index (κ2) is 7.26. The Labute approximate surface area is 142 Å². The predicted molar refractivity (Wildman–Crippen MR) is 92.4 cm³/mol. The van der Waals surface area contributed by atoms with Crippen molar-refractivity contribution in [2.45, 2.75) is 25.2 Å². The average Bonchev–Trinajstić information content (AvgIpc) is 2.88. The molecule has 20 heavy (non-hydrogen) atoms. The van der Waals surface area contributed by atoms with Crippen molar-refractivity contribution in [1.29, 1.82) is 0 Å². The van der Waals surface area contributed by atoms with Crippen LogP contribution in [-0.2, 0) is 11.8 Å². The molecule has 1 nitrogen and oxygen atoms in total. The Morgan fingerprint density at radius 1 is 1.20 bits per heavy atom. The van der Waals surface area contributed by atoms with Gasteiger partial charge in [0.15, 0.2) is 0 Å². The third kappa shape index (κ3) is 3.56. The lowest BCUT2D eigenvalue weighted by Gasteiger charge is -2.30. The van der Waals surface area contributed by atoms with Gasteiger partial charge in [0.1, 0.15) is 0 Å². The number of hydrogen-bond donors (Lipinski definition) is 0. The molecular formula is C15H16BrCl2NS. The quantitative estimate of drug-likeness (QED) is 0.586. The van der Waals surface area contributed by atoms with E-state index in [-0.39, 0.29) is 5.41 Å². The van der Waals surface area contributed by atoms with E-state index >= 15 is 0 Å². The molecule has 1 aromatic heterocycles. The molecule has 0 atom stereocenters. The van der Waals surface area contributed by atoms with Crippen LogP contribution in [0.2, 0.25) is 0 Å². The van der Waals surface area contributed by atoms with Gasteiger partial charge in [0.25, 0.3) is 0 Å². The van der Waals surface area contributed by atoms with E-state index in [1.165, 1.54) is 10.4 Å². The molecule has 0 aliphatic heterocycles. The fourth-order valence-corrected chi connectivity index (χ4v) is 4.10. The molecule has 0 spiro atoms. The average molecular weight is 393 g/mol. The normalized spacial score (nSPS) is 11.8. The summed E-state index contributed by atoms with van der Waals surface area (Å²) < 4.78 is 1.07. The van der Waals surface area contributed by atoms with Gasteiger partial charge in [-0.1, -0.05) is 28.1 Å². The third-order valence-corrected chi connectivity index (χ3v) is 6.19. The molecule has 0 aliphatic rings. The Morgan fingerprint density at radius 3 is 2.35 bits per heavy atom. The second-order valence-corrected chi connectivity index (χ2v) is 7.30. The van der Waals surface area contributed by atoms with Crippen molar-refractivity contribution in [1.82, 2.24) is 4.98 Å². The summed E-state index contributed by atoms with van der Waals surface area (Å²) in [7, 11) is 0. The maximum atomic E-state index is 6.27. The number of aromatic nitrogens is 1. The van der Waals surface area contributed by atoms with Crippen LogP contribution in [0.15, 0.2) is 34.2 Å². The molecule has 108 valence electrons. The largest absolute Gasteiger partial charge is 0.250 e. The smallest absolute Gasteiger partial charge is 0.0797 e. The van der Waals surface area contributed by atoms with E-state index in [0.29, 0.717) is 11.8 Å². The Kier molecular flexibility index (Phi) is 5.91. The van der Waals surface area contributed by atoms with Crippen molar-refractivity contribution >= 4 is 50.5 Å². The summed E-state index contributed by atoms with van der Waals surface area (Å²) in [6, 6.07) is 8.30. The first-order chi connectivity index (χ1) is 9.61. The molecular weight excluding hydrogens is 377 g/mol. The zero-order valence-electron chi connectivity index (χ0n) is 11.2. The fraction of sp³-hybridized carbons (Fsp3) is 0.400. The molecule has 5 heteroatoms. The molecule has 0 radical (unpaired) electrons. The van der Waals surface area contributed by atoms with Crippen molar-refractivity contribution < 1.29 is 0 Å². The molecule has 2 aromatic rings. The van der Waals surface area contributed by atoms with Crippen LogP contribution in [0, 0.1) is 6.92 Å². The predicted octanol–water partition coefficient (Wildman–Crippen LogP) is 5.56. The van der Waals surface area contributed by atoms with Crippen LogP contribution in [0.25, 0.3) is 0 Å². The van der Waals surface area contributed by atoms with Gasteiger partial charge in [-0.3, -0.25) is 0 Å². The van der Waals surface area contributed by atoms with Gasteiger partial charge < -0.3 is 0 Å². The zero-order chi connectivity index (χ0) is 14.6.